The van der Waals surface area contributed by atoms with E-state index in [0.717, 1.165) is 16.5 Å². The summed E-state index contributed by atoms with van der Waals surface area (Å²) in [5.74, 6) is -0.195. The Labute approximate surface area is 173 Å². The Morgan fingerprint density at radius 3 is 2.69 bits per heavy atom. The van der Waals surface area contributed by atoms with Crippen molar-refractivity contribution in [3.63, 3.8) is 0 Å². The number of pyridine rings is 1. The van der Waals surface area contributed by atoms with Crippen LogP contribution in [0.15, 0.2) is 60.8 Å². The van der Waals surface area contributed by atoms with E-state index in [2.05, 4.69) is 15.7 Å². The Hall–Kier alpha value is -3.16. The minimum absolute atomic E-state index is 0.0297. The summed E-state index contributed by atoms with van der Waals surface area (Å²) in [6.45, 7) is 2.04. The van der Waals surface area contributed by atoms with Crippen LogP contribution in [0.25, 0.3) is 10.9 Å². The molecule has 2 amide bonds. The summed E-state index contributed by atoms with van der Waals surface area (Å²) in [4.78, 5) is 28.1. The number of hydrazine groups is 1. The van der Waals surface area contributed by atoms with Gasteiger partial charge >= 0.3 is 6.09 Å². The lowest BCUT2D eigenvalue weighted by molar-refractivity contribution is -0.132. The van der Waals surface area contributed by atoms with Crippen LogP contribution in [0.2, 0.25) is 5.02 Å². The molecule has 150 valence electrons. The summed E-state index contributed by atoms with van der Waals surface area (Å²) in [6.07, 6.45) is 0.952. The standard InChI is InChI=1S/C21H21ClN4O3/c1-15(27)26(24-13-17-7-2-4-8-19(17)22)10-11-29-21(28)25-18-12-16-6-3-5-9-20(16)23-14-18/h2-9,12,14,24H,10-11,13H2,1H3,(H,25,28). The third-order valence-corrected chi connectivity index (χ3v) is 4.55. The molecule has 1 heterocycles. The van der Waals surface area contributed by atoms with Crippen molar-refractivity contribution in [2.24, 2.45) is 0 Å². The van der Waals surface area contributed by atoms with Crippen LogP contribution in [0.5, 0.6) is 0 Å². The first-order valence-corrected chi connectivity index (χ1v) is 9.44. The van der Waals surface area contributed by atoms with Gasteiger partial charge in [0.1, 0.15) is 6.61 Å². The van der Waals surface area contributed by atoms with Crippen LogP contribution in [-0.4, -0.2) is 35.1 Å². The first kappa shape index (κ1) is 20.6. The number of benzene rings is 2. The maximum atomic E-state index is 12.0. The number of hydrogen-bond donors (Lipinski definition) is 2. The molecule has 7 nitrogen and oxygen atoms in total. The van der Waals surface area contributed by atoms with E-state index in [-0.39, 0.29) is 19.1 Å². The van der Waals surface area contributed by atoms with Crippen molar-refractivity contribution < 1.29 is 14.3 Å². The van der Waals surface area contributed by atoms with Gasteiger partial charge < -0.3 is 4.74 Å². The number of nitrogens with zero attached hydrogens (tertiary/aromatic N) is 2. The lowest BCUT2D eigenvalue weighted by Gasteiger charge is -2.22. The molecule has 2 aromatic carbocycles. The van der Waals surface area contributed by atoms with Crippen molar-refractivity contribution in [3.05, 3.63) is 71.4 Å². The predicted molar refractivity (Wildman–Crippen MR) is 112 cm³/mol. The van der Waals surface area contributed by atoms with E-state index in [1.54, 1.807) is 12.3 Å². The van der Waals surface area contributed by atoms with Crippen molar-refractivity contribution in [2.45, 2.75) is 13.5 Å². The number of nitrogens with one attached hydrogen (secondary N) is 2. The molecule has 0 aliphatic rings. The minimum Gasteiger partial charge on any atom is -0.447 e. The lowest BCUT2D eigenvalue weighted by Crippen LogP contribution is -2.43. The highest BCUT2D eigenvalue weighted by molar-refractivity contribution is 6.31. The second-order valence-corrected chi connectivity index (χ2v) is 6.68. The highest BCUT2D eigenvalue weighted by Gasteiger charge is 2.11. The highest BCUT2D eigenvalue weighted by Crippen LogP contribution is 2.16. The van der Waals surface area contributed by atoms with Crippen LogP contribution in [0, 0.1) is 0 Å². The van der Waals surface area contributed by atoms with E-state index in [1.807, 2.05) is 48.5 Å². The van der Waals surface area contributed by atoms with Gasteiger partial charge in [0.05, 0.1) is 23.9 Å². The van der Waals surface area contributed by atoms with Gasteiger partial charge in [-0.3, -0.25) is 20.1 Å². The summed E-state index contributed by atoms with van der Waals surface area (Å²) in [7, 11) is 0. The Morgan fingerprint density at radius 1 is 1.14 bits per heavy atom. The van der Waals surface area contributed by atoms with Gasteiger partial charge in [-0.1, -0.05) is 48.0 Å². The average molecular weight is 413 g/mol. The summed E-state index contributed by atoms with van der Waals surface area (Å²) in [5.41, 5.74) is 5.24. The fraction of sp³-hybridized carbons (Fsp3) is 0.190. The van der Waals surface area contributed by atoms with Crippen molar-refractivity contribution in [1.29, 1.82) is 0 Å². The molecule has 0 bridgehead atoms. The van der Waals surface area contributed by atoms with Crippen molar-refractivity contribution in [1.82, 2.24) is 15.4 Å². The number of halogens is 1. The number of rotatable bonds is 7. The number of para-hydroxylation sites is 1. The molecule has 8 heteroatoms. The fourth-order valence-corrected chi connectivity index (χ4v) is 2.90. The van der Waals surface area contributed by atoms with Crippen LogP contribution in [0.4, 0.5) is 10.5 Å². The third kappa shape index (κ3) is 5.91. The van der Waals surface area contributed by atoms with E-state index in [4.69, 9.17) is 16.3 Å². The van der Waals surface area contributed by atoms with Crippen LogP contribution >= 0.6 is 11.6 Å². The molecule has 3 rings (SSSR count). The molecule has 1 aromatic heterocycles. The number of amides is 2. The van der Waals surface area contributed by atoms with Gasteiger partial charge in [-0.15, -0.1) is 0 Å². The number of anilines is 1. The zero-order valence-electron chi connectivity index (χ0n) is 15.9. The molecule has 0 spiro atoms. The Morgan fingerprint density at radius 2 is 1.90 bits per heavy atom. The van der Waals surface area contributed by atoms with Gasteiger partial charge in [-0.05, 0) is 23.8 Å². The van der Waals surface area contributed by atoms with E-state index in [1.165, 1.54) is 11.9 Å². The van der Waals surface area contributed by atoms with Gasteiger partial charge in [0, 0.05) is 23.9 Å². The van der Waals surface area contributed by atoms with E-state index in [0.29, 0.717) is 17.3 Å². The summed E-state index contributed by atoms with van der Waals surface area (Å²) in [6, 6.07) is 16.8. The fourth-order valence-electron chi connectivity index (χ4n) is 2.69. The van der Waals surface area contributed by atoms with Gasteiger partial charge in [0.25, 0.3) is 0 Å². The number of carbonyl (C=O) groups is 2. The number of hydrogen-bond acceptors (Lipinski definition) is 5. The van der Waals surface area contributed by atoms with Crippen molar-refractivity contribution >= 4 is 40.2 Å². The number of ether oxygens (including phenoxy) is 1. The highest BCUT2D eigenvalue weighted by atomic mass is 35.5. The van der Waals surface area contributed by atoms with Gasteiger partial charge in [-0.2, -0.15) is 0 Å². The average Bonchev–Trinajstić information content (AvgIpc) is 2.71. The van der Waals surface area contributed by atoms with Crippen LogP contribution in [0.3, 0.4) is 0 Å². The topological polar surface area (TPSA) is 83.6 Å². The zero-order valence-corrected chi connectivity index (χ0v) is 16.6. The van der Waals surface area contributed by atoms with Gasteiger partial charge in [0.2, 0.25) is 5.91 Å². The van der Waals surface area contributed by atoms with E-state index >= 15 is 0 Å². The first-order valence-electron chi connectivity index (χ1n) is 9.06. The maximum Gasteiger partial charge on any atom is 0.411 e. The Kier molecular flexibility index (Phi) is 6.99. The summed E-state index contributed by atoms with van der Waals surface area (Å²) >= 11 is 6.12. The monoisotopic (exact) mass is 412 g/mol. The summed E-state index contributed by atoms with van der Waals surface area (Å²) in [5, 5.41) is 5.55. The molecule has 0 atom stereocenters. The summed E-state index contributed by atoms with van der Waals surface area (Å²) < 4.78 is 5.18. The SMILES string of the molecule is CC(=O)N(CCOC(=O)Nc1cnc2ccccc2c1)NCc1ccccc1Cl. The number of aromatic nitrogens is 1. The minimum atomic E-state index is -0.614. The largest absolute Gasteiger partial charge is 0.447 e. The molecule has 0 saturated heterocycles. The van der Waals surface area contributed by atoms with E-state index < -0.39 is 6.09 Å². The molecule has 0 radical (unpaired) electrons. The van der Waals surface area contributed by atoms with Crippen LogP contribution in [0.1, 0.15) is 12.5 Å². The Bertz CT molecular complexity index is 1010. The molecule has 0 unspecified atom stereocenters. The maximum absolute atomic E-state index is 12.0. The number of fused-ring (bicyclic) bond motifs is 1. The molecule has 0 aliphatic heterocycles. The zero-order chi connectivity index (χ0) is 20.6. The molecule has 3 aromatic rings. The molecular weight excluding hydrogens is 392 g/mol. The normalized spacial score (nSPS) is 10.6. The molecule has 0 fully saturated rings. The first-order chi connectivity index (χ1) is 14.0. The molecular formula is C21H21ClN4O3. The van der Waals surface area contributed by atoms with Crippen LogP contribution < -0.4 is 10.7 Å². The Balaban J connectivity index is 1.47. The molecule has 29 heavy (non-hydrogen) atoms. The van der Waals surface area contributed by atoms with E-state index in [9.17, 15) is 9.59 Å². The van der Waals surface area contributed by atoms with Gasteiger partial charge in [0.15, 0.2) is 0 Å². The van der Waals surface area contributed by atoms with Crippen molar-refractivity contribution in [3.8, 4) is 0 Å². The quantitative estimate of drug-likeness (QED) is 0.573. The molecule has 0 aliphatic carbocycles. The lowest BCUT2D eigenvalue weighted by atomic mass is 10.2. The third-order valence-electron chi connectivity index (χ3n) is 4.18. The smallest absolute Gasteiger partial charge is 0.411 e. The second kappa shape index (κ2) is 9.86. The second-order valence-electron chi connectivity index (χ2n) is 6.27. The predicted octanol–water partition coefficient (Wildman–Crippen LogP) is 3.99. The van der Waals surface area contributed by atoms with Crippen molar-refractivity contribution in [2.75, 3.05) is 18.5 Å². The van der Waals surface area contributed by atoms with Gasteiger partial charge in [-0.25, -0.2) is 10.2 Å². The molecule has 0 saturated carbocycles. The molecule has 2 N–H and O–H groups in total. The van der Waals surface area contributed by atoms with Crippen LogP contribution in [-0.2, 0) is 16.1 Å². The number of carbonyl (C=O) groups excluding carboxylic acids is 2.